The largest absolute Gasteiger partial charge is 0.374 e. The van der Waals surface area contributed by atoms with E-state index in [2.05, 4.69) is 33.8 Å². The molecule has 0 heterocycles. The summed E-state index contributed by atoms with van der Waals surface area (Å²) < 4.78 is 27.8. The van der Waals surface area contributed by atoms with Gasteiger partial charge in [-0.15, -0.1) is 0 Å². The van der Waals surface area contributed by atoms with E-state index in [9.17, 15) is 8.42 Å². The average molecular weight is 276 g/mol. The molecule has 0 aromatic rings. The van der Waals surface area contributed by atoms with Crippen molar-refractivity contribution in [3.8, 4) is 0 Å². The Morgan fingerprint density at radius 2 is 1.94 bits per heavy atom. The van der Waals surface area contributed by atoms with E-state index in [0.717, 1.165) is 12.8 Å². The number of sulfone groups is 1. The number of allylic oxidation sites excluding steroid dienone is 1. The lowest BCUT2D eigenvalue weighted by Gasteiger charge is -2.17. The van der Waals surface area contributed by atoms with Gasteiger partial charge in [0.1, 0.15) is 9.84 Å². The van der Waals surface area contributed by atoms with Gasteiger partial charge in [0.05, 0.1) is 11.9 Å². The van der Waals surface area contributed by atoms with Crippen LogP contribution in [0.25, 0.3) is 0 Å². The van der Waals surface area contributed by atoms with Gasteiger partial charge in [-0.25, -0.2) is 8.42 Å². The van der Waals surface area contributed by atoms with Crippen molar-refractivity contribution in [3.63, 3.8) is 0 Å². The zero-order chi connectivity index (χ0) is 14.2. The smallest absolute Gasteiger partial charge is 0.147 e. The molecule has 0 fully saturated rings. The van der Waals surface area contributed by atoms with Crippen molar-refractivity contribution >= 4 is 9.84 Å². The summed E-state index contributed by atoms with van der Waals surface area (Å²) >= 11 is 0. The fraction of sp³-hybridized carbons (Fsp3) is 0.857. The fourth-order valence-corrected chi connectivity index (χ4v) is 2.28. The third-order valence-electron chi connectivity index (χ3n) is 2.72. The highest BCUT2D eigenvalue weighted by molar-refractivity contribution is 7.90. The molecule has 0 aromatic carbocycles. The van der Waals surface area contributed by atoms with Crippen LogP contribution in [-0.4, -0.2) is 33.1 Å². The summed E-state index contributed by atoms with van der Waals surface area (Å²) in [6.45, 7) is 9.08. The molecule has 1 atom stereocenters. The summed E-state index contributed by atoms with van der Waals surface area (Å²) in [5.74, 6) is 0.781. The summed E-state index contributed by atoms with van der Waals surface area (Å²) in [7, 11) is -2.87. The number of ether oxygens (including phenoxy) is 1. The first-order valence-corrected chi connectivity index (χ1v) is 8.77. The number of hydrogen-bond donors (Lipinski definition) is 0. The molecule has 0 rings (SSSR count). The van der Waals surface area contributed by atoms with Crippen molar-refractivity contribution in [3.05, 3.63) is 11.6 Å². The van der Waals surface area contributed by atoms with Gasteiger partial charge in [-0.1, -0.05) is 32.4 Å². The van der Waals surface area contributed by atoms with Gasteiger partial charge in [0.2, 0.25) is 0 Å². The Labute approximate surface area is 113 Å². The maximum Gasteiger partial charge on any atom is 0.147 e. The SMILES string of the molecule is CCC(C)=CC(CC(C)C)OCCCS(C)(=O)=O. The third kappa shape index (κ3) is 10.8. The second-order valence-electron chi connectivity index (χ2n) is 5.39. The van der Waals surface area contributed by atoms with Crippen LogP contribution in [0.1, 0.15) is 47.0 Å². The molecule has 3 nitrogen and oxygen atoms in total. The first-order chi connectivity index (χ1) is 8.24. The van der Waals surface area contributed by atoms with Crippen molar-refractivity contribution in [2.24, 2.45) is 5.92 Å². The lowest BCUT2D eigenvalue weighted by Crippen LogP contribution is -2.16. The highest BCUT2D eigenvalue weighted by Crippen LogP contribution is 2.13. The molecule has 0 radical (unpaired) electrons. The normalized spacial score (nSPS) is 15.1. The zero-order valence-electron chi connectivity index (χ0n) is 12.4. The maximum atomic E-state index is 11.0. The lowest BCUT2D eigenvalue weighted by atomic mass is 10.0. The monoisotopic (exact) mass is 276 g/mol. The Balaban J connectivity index is 4.17. The van der Waals surface area contributed by atoms with Crippen LogP contribution >= 0.6 is 0 Å². The Bertz CT molecular complexity index is 342. The predicted molar refractivity (Wildman–Crippen MR) is 77.6 cm³/mol. The van der Waals surface area contributed by atoms with Gasteiger partial charge in [-0.3, -0.25) is 0 Å². The summed E-state index contributed by atoms with van der Waals surface area (Å²) in [6, 6.07) is 0. The summed E-state index contributed by atoms with van der Waals surface area (Å²) in [5.41, 5.74) is 1.32. The second kappa shape index (κ2) is 8.70. The molecule has 0 aliphatic heterocycles. The van der Waals surface area contributed by atoms with E-state index in [1.807, 2.05) is 0 Å². The van der Waals surface area contributed by atoms with Gasteiger partial charge in [0.25, 0.3) is 0 Å². The molecule has 0 aliphatic carbocycles. The molecule has 0 spiro atoms. The Morgan fingerprint density at radius 1 is 1.33 bits per heavy atom. The highest BCUT2D eigenvalue weighted by atomic mass is 32.2. The molecular weight excluding hydrogens is 248 g/mol. The van der Waals surface area contributed by atoms with E-state index in [4.69, 9.17) is 4.74 Å². The van der Waals surface area contributed by atoms with Crippen molar-refractivity contribution in [1.29, 1.82) is 0 Å². The van der Waals surface area contributed by atoms with Crippen LogP contribution in [-0.2, 0) is 14.6 Å². The molecule has 0 N–H and O–H groups in total. The minimum Gasteiger partial charge on any atom is -0.374 e. The minimum atomic E-state index is -2.87. The van der Waals surface area contributed by atoms with E-state index in [-0.39, 0.29) is 11.9 Å². The van der Waals surface area contributed by atoms with Crippen LogP contribution in [0.3, 0.4) is 0 Å². The van der Waals surface area contributed by atoms with E-state index in [1.54, 1.807) is 0 Å². The molecule has 18 heavy (non-hydrogen) atoms. The zero-order valence-corrected chi connectivity index (χ0v) is 13.2. The molecular formula is C14H28O3S. The van der Waals surface area contributed by atoms with Crippen LogP contribution in [0, 0.1) is 5.92 Å². The van der Waals surface area contributed by atoms with Gasteiger partial charge >= 0.3 is 0 Å². The minimum absolute atomic E-state index is 0.115. The fourth-order valence-electron chi connectivity index (χ4n) is 1.64. The number of hydrogen-bond acceptors (Lipinski definition) is 3. The predicted octanol–water partition coefficient (Wildman–Crippen LogP) is 3.21. The quantitative estimate of drug-likeness (QED) is 0.480. The van der Waals surface area contributed by atoms with E-state index in [0.29, 0.717) is 18.9 Å². The molecule has 4 heteroatoms. The van der Waals surface area contributed by atoms with Crippen molar-refractivity contribution in [2.75, 3.05) is 18.6 Å². The summed E-state index contributed by atoms with van der Waals surface area (Å²) in [6.07, 6.45) is 6.13. The highest BCUT2D eigenvalue weighted by Gasteiger charge is 2.09. The lowest BCUT2D eigenvalue weighted by molar-refractivity contribution is 0.0713. The topological polar surface area (TPSA) is 43.4 Å². The molecule has 0 aliphatic rings. The van der Waals surface area contributed by atoms with Gasteiger partial charge < -0.3 is 4.74 Å². The van der Waals surface area contributed by atoms with Crippen LogP contribution in [0.15, 0.2) is 11.6 Å². The van der Waals surface area contributed by atoms with E-state index >= 15 is 0 Å². The Hall–Kier alpha value is -0.350. The van der Waals surface area contributed by atoms with Crippen molar-refractivity contribution in [1.82, 2.24) is 0 Å². The Kier molecular flexibility index (Phi) is 8.53. The number of rotatable bonds is 9. The van der Waals surface area contributed by atoms with E-state index < -0.39 is 9.84 Å². The molecule has 0 bridgehead atoms. The van der Waals surface area contributed by atoms with Gasteiger partial charge in [0, 0.05) is 12.9 Å². The molecule has 0 aromatic heterocycles. The van der Waals surface area contributed by atoms with Gasteiger partial charge in [-0.05, 0) is 32.1 Å². The molecule has 0 saturated heterocycles. The van der Waals surface area contributed by atoms with E-state index in [1.165, 1.54) is 11.8 Å². The average Bonchev–Trinajstić information content (AvgIpc) is 2.21. The molecule has 0 saturated carbocycles. The molecule has 1 unspecified atom stereocenters. The van der Waals surface area contributed by atoms with Crippen LogP contribution in [0.4, 0.5) is 0 Å². The van der Waals surface area contributed by atoms with Gasteiger partial charge in [-0.2, -0.15) is 0 Å². The van der Waals surface area contributed by atoms with Crippen LogP contribution in [0.2, 0.25) is 0 Å². The first kappa shape index (κ1) is 17.6. The van der Waals surface area contributed by atoms with Crippen molar-refractivity contribution in [2.45, 2.75) is 53.1 Å². The summed E-state index contributed by atoms with van der Waals surface area (Å²) in [4.78, 5) is 0. The first-order valence-electron chi connectivity index (χ1n) is 6.71. The maximum absolute atomic E-state index is 11.0. The second-order valence-corrected chi connectivity index (χ2v) is 7.65. The van der Waals surface area contributed by atoms with Gasteiger partial charge in [0.15, 0.2) is 0 Å². The Morgan fingerprint density at radius 3 is 2.39 bits per heavy atom. The molecule has 108 valence electrons. The van der Waals surface area contributed by atoms with Crippen LogP contribution in [0.5, 0.6) is 0 Å². The van der Waals surface area contributed by atoms with Crippen LogP contribution < -0.4 is 0 Å². The standard InChI is InChI=1S/C14H28O3S/c1-6-13(4)11-14(10-12(2)3)17-8-7-9-18(5,15)16/h11-12,14H,6-10H2,1-5H3. The summed E-state index contributed by atoms with van der Waals surface area (Å²) in [5, 5.41) is 0. The third-order valence-corrected chi connectivity index (χ3v) is 3.75. The van der Waals surface area contributed by atoms with Crippen molar-refractivity contribution < 1.29 is 13.2 Å². The molecule has 0 amide bonds.